The van der Waals surface area contributed by atoms with Crippen LogP contribution in [-0.4, -0.2) is 24.7 Å². The van der Waals surface area contributed by atoms with Crippen molar-refractivity contribution in [2.24, 2.45) is 5.84 Å². The molecule has 0 radical (unpaired) electrons. The normalized spacial score (nSPS) is 10.3. The highest BCUT2D eigenvalue weighted by atomic mass is 35.5. The first-order valence-electron chi connectivity index (χ1n) is 7.47. The van der Waals surface area contributed by atoms with E-state index in [4.69, 9.17) is 17.4 Å². The standard InChI is InChI=1S/C13H9ClN7O9/c14-8-4-11(19(25)26)13(12(5-8)20(27)28)16(21(29)30)6-7-1-2-9(18(23)24)10(3-7)17(15)22/h1-5H,6H2,(H2,15,22)/q+1. The van der Waals surface area contributed by atoms with E-state index in [9.17, 15) is 45.4 Å². The zero-order chi connectivity index (χ0) is 22.7. The molecule has 0 fully saturated rings. The third-order valence-corrected chi connectivity index (χ3v) is 3.91. The summed E-state index contributed by atoms with van der Waals surface area (Å²) in [6.45, 7) is -0.838. The lowest BCUT2D eigenvalue weighted by Gasteiger charge is -2.14. The summed E-state index contributed by atoms with van der Waals surface area (Å²) < 4.78 is 0. The van der Waals surface area contributed by atoms with Crippen molar-refractivity contribution in [2.45, 2.75) is 6.54 Å². The number of hydrazine groups is 2. The van der Waals surface area contributed by atoms with Gasteiger partial charge in [0.05, 0.1) is 24.7 Å². The minimum absolute atomic E-state index is 0.0865. The van der Waals surface area contributed by atoms with Gasteiger partial charge in [-0.15, -0.1) is 0 Å². The van der Waals surface area contributed by atoms with Crippen LogP contribution in [0.5, 0.6) is 0 Å². The van der Waals surface area contributed by atoms with Gasteiger partial charge in [-0.05, 0) is 11.6 Å². The molecule has 2 N–H and O–H groups in total. The van der Waals surface area contributed by atoms with Gasteiger partial charge in [-0.2, -0.15) is 5.84 Å². The van der Waals surface area contributed by atoms with Crippen molar-refractivity contribution in [3.63, 3.8) is 0 Å². The van der Waals surface area contributed by atoms with Crippen molar-refractivity contribution >= 4 is 40.0 Å². The average molecular weight is 443 g/mol. The van der Waals surface area contributed by atoms with E-state index < -0.39 is 59.8 Å². The van der Waals surface area contributed by atoms with Crippen molar-refractivity contribution in [3.05, 3.63) is 86.3 Å². The smallest absolute Gasteiger partial charge is 0.258 e. The average Bonchev–Trinajstić information content (AvgIpc) is 2.64. The van der Waals surface area contributed by atoms with Crippen LogP contribution in [0.4, 0.5) is 28.4 Å². The van der Waals surface area contributed by atoms with Crippen molar-refractivity contribution < 1.29 is 24.7 Å². The minimum atomic E-state index is -1.15. The molecule has 0 saturated carbocycles. The van der Waals surface area contributed by atoms with E-state index in [1.165, 1.54) is 0 Å². The van der Waals surface area contributed by atoms with Crippen molar-refractivity contribution in [1.29, 1.82) is 0 Å². The summed E-state index contributed by atoms with van der Waals surface area (Å²) in [5.41, 5.74) is -4.49. The Balaban J connectivity index is 2.69. The van der Waals surface area contributed by atoms with Crippen LogP contribution in [0.2, 0.25) is 5.02 Å². The number of hydrogen-bond acceptors (Lipinski definition) is 9. The Morgan fingerprint density at radius 2 is 1.30 bits per heavy atom. The minimum Gasteiger partial charge on any atom is -0.258 e. The molecule has 16 nitrogen and oxygen atoms in total. The third kappa shape index (κ3) is 4.33. The van der Waals surface area contributed by atoms with E-state index in [1.807, 2.05) is 0 Å². The molecule has 2 aromatic carbocycles. The van der Waals surface area contributed by atoms with Crippen LogP contribution in [0.3, 0.4) is 0 Å². The van der Waals surface area contributed by atoms with E-state index in [0.29, 0.717) is 12.1 Å². The second-order valence-corrected chi connectivity index (χ2v) is 5.94. The van der Waals surface area contributed by atoms with Crippen molar-refractivity contribution in [2.75, 3.05) is 5.01 Å². The fourth-order valence-corrected chi connectivity index (χ4v) is 2.71. The van der Waals surface area contributed by atoms with Crippen molar-refractivity contribution in [3.8, 4) is 0 Å². The van der Waals surface area contributed by atoms with Crippen LogP contribution < -0.4 is 10.9 Å². The molecule has 0 bridgehead atoms. The molecule has 0 saturated heterocycles. The van der Waals surface area contributed by atoms with Gasteiger partial charge in [0.1, 0.15) is 6.54 Å². The molecular formula is C13H9ClN7O9+. The third-order valence-electron chi connectivity index (χ3n) is 3.69. The molecular weight excluding hydrogens is 434 g/mol. The lowest BCUT2D eigenvalue weighted by molar-refractivity contribution is -0.499. The first-order chi connectivity index (χ1) is 13.9. The lowest BCUT2D eigenvalue weighted by atomic mass is 10.1. The predicted molar refractivity (Wildman–Crippen MR) is 98.5 cm³/mol. The molecule has 0 amide bonds. The number of rotatable bonds is 8. The Morgan fingerprint density at radius 3 is 1.70 bits per heavy atom. The molecule has 156 valence electrons. The summed E-state index contributed by atoms with van der Waals surface area (Å²) in [6, 6.07) is 4.09. The molecule has 0 aliphatic rings. The molecule has 17 heteroatoms. The number of nitrogens with two attached hydrogens (primary N) is 1. The van der Waals surface area contributed by atoms with Gasteiger partial charge < -0.3 is 0 Å². The van der Waals surface area contributed by atoms with Crippen LogP contribution in [0.25, 0.3) is 0 Å². The summed E-state index contributed by atoms with van der Waals surface area (Å²) in [5, 5.41) is 43.7. The van der Waals surface area contributed by atoms with Gasteiger partial charge in [0.25, 0.3) is 5.69 Å². The first-order valence-corrected chi connectivity index (χ1v) is 7.85. The number of nitro benzene ring substituents is 3. The SMILES string of the molecule is N[N+](=O)c1cc(CN(c2c([N+](=O)[O-])cc(Cl)cc2[N+](=O)[O-])[N+](=O)[O-])ccc1[N+](=O)[O-]. The number of benzene rings is 2. The number of nitroso groups, excluding NO2 is 1. The molecule has 0 aliphatic carbocycles. The molecule has 0 spiro atoms. The maximum absolute atomic E-state index is 11.6. The summed E-state index contributed by atoms with van der Waals surface area (Å²) in [4.78, 5) is 53.1. The lowest BCUT2D eigenvalue weighted by Crippen LogP contribution is -2.30. The Hall–Kier alpha value is -4.47. The van der Waals surface area contributed by atoms with Crippen LogP contribution in [0.15, 0.2) is 30.3 Å². The number of anilines is 1. The van der Waals surface area contributed by atoms with Gasteiger partial charge >= 0.3 is 22.7 Å². The van der Waals surface area contributed by atoms with Crippen LogP contribution >= 0.6 is 11.6 Å². The number of hydrogen-bond donors (Lipinski definition) is 1. The van der Waals surface area contributed by atoms with Crippen LogP contribution in [-0.2, 0) is 6.54 Å². The van der Waals surface area contributed by atoms with E-state index >= 15 is 0 Å². The summed E-state index contributed by atoms with van der Waals surface area (Å²) >= 11 is 5.64. The molecule has 2 rings (SSSR count). The van der Waals surface area contributed by atoms with Gasteiger partial charge in [-0.25, -0.2) is 10.1 Å². The molecule has 0 aromatic heterocycles. The highest BCUT2D eigenvalue weighted by Crippen LogP contribution is 2.41. The zero-order valence-corrected chi connectivity index (χ0v) is 15.2. The van der Waals surface area contributed by atoms with Gasteiger partial charge in [0, 0.05) is 24.3 Å². The predicted octanol–water partition coefficient (Wildman–Crippen LogP) is 2.55. The molecule has 0 atom stereocenters. The monoisotopic (exact) mass is 442 g/mol. The Bertz CT molecular complexity index is 1070. The highest BCUT2D eigenvalue weighted by Gasteiger charge is 2.38. The van der Waals surface area contributed by atoms with E-state index in [1.54, 1.807) is 0 Å². The quantitative estimate of drug-likeness (QED) is 0.270. The Kier molecular flexibility index (Phi) is 6.02. The fraction of sp³-hybridized carbons (Fsp3) is 0.0769. The Labute approximate surface area is 169 Å². The first kappa shape index (κ1) is 21.8. The maximum atomic E-state index is 11.6. The van der Waals surface area contributed by atoms with E-state index in [0.717, 1.165) is 18.2 Å². The van der Waals surface area contributed by atoms with Gasteiger partial charge in [0.2, 0.25) is 0 Å². The Morgan fingerprint density at radius 1 is 0.800 bits per heavy atom. The zero-order valence-electron chi connectivity index (χ0n) is 14.4. The highest BCUT2D eigenvalue weighted by molar-refractivity contribution is 6.31. The molecule has 0 heterocycles. The largest absolute Gasteiger partial charge is 0.368 e. The van der Waals surface area contributed by atoms with E-state index in [2.05, 4.69) is 0 Å². The molecule has 2 aromatic rings. The molecule has 0 aliphatic heterocycles. The van der Waals surface area contributed by atoms with Gasteiger partial charge in [-0.3, -0.25) is 30.3 Å². The van der Waals surface area contributed by atoms with Crippen LogP contribution in [0, 0.1) is 45.4 Å². The summed E-state index contributed by atoms with van der Waals surface area (Å²) in [5.74, 6) is 5.00. The maximum Gasteiger partial charge on any atom is 0.368 e. The number of nitrogens with zero attached hydrogens (tertiary/aromatic N) is 6. The summed E-state index contributed by atoms with van der Waals surface area (Å²) in [6.07, 6.45) is 0. The fourth-order valence-electron chi connectivity index (χ4n) is 2.50. The van der Waals surface area contributed by atoms with Gasteiger partial charge in [-0.1, -0.05) is 16.6 Å². The second-order valence-electron chi connectivity index (χ2n) is 5.51. The number of halogens is 1. The summed E-state index contributed by atoms with van der Waals surface area (Å²) in [7, 11) is 0. The van der Waals surface area contributed by atoms with Crippen LogP contribution in [0.1, 0.15) is 5.56 Å². The topological polar surface area (TPSA) is 222 Å². The van der Waals surface area contributed by atoms with E-state index in [-0.39, 0.29) is 15.4 Å². The second kappa shape index (κ2) is 8.27. The van der Waals surface area contributed by atoms with Gasteiger partial charge in [0.15, 0.2) is 9.90 Å². The number of nitro groups is 4. The molecule has 0 unspecified atom stereocenters. The molecule has 30 heavy (non-hydrogen) atoms. The van der Waals surface area contributed by atoms with Crippen molar-refractivity contribution in [1.82, 2.24) is 0 Å².